The van der Waals surface area contributed by atoms with Crippen LogP contribution in [0.15, 0.2) is 6.07 Å². The van der Waals surface area contributed by atoms with Gasteiger partial charge in [-0.15, -0.1) is 5.46 Å². The van der Waals surface area contributed by atoms with E-state index in [1.165, 1.54) is 86.4 Å². The van der Waals surface area contributed by atoms with Crippen molar-refractivity contribution in [1.82, 2.24) is 0 Å². The molecule has 0 aliphatic heterocycles. The lowest BCUT2D eigenvalue weighted by molar-refractivity contribution is 1.17. The van der Waals surface area contributed by atoms with Gasteiger partial charge in [-0.1, -0.05) is 33.0 Å². The maximum atomic E-state index is 7.35. The summed E-state index contributed by atoms with van der Waals surface area (Å²) in [6, 6.07) is 2.37. The zero-order chi connectivity index (χ0) is 47.3. The Morgan fingerprint density at radius 1 is 0.397 bits per heavy atom. The summed E-state index contributed by atoms with van der Waals surface area (Å²) < 4.78 is 0. The van der Waals surface area contributed by atoms with E-state index in [1.54, 1.807) is 0 Å². The summed E-state index contributed by atoms with van der Waals surface area (Å²) in [5.74, 6) is 0. The van der Waals surface area contributed by atoms with Gasteiger partial charge in [0.15, 0.2) is 0 Å². The van der Waals surface area contributed by atoms with Crippen molar-refractivity contribution < 1.29 is 0 Å². The standard InChI is InChI=1S/C44H43B19/c1-16-17(2)23(8)33(24(9)18(16)3)36-26(11)19(4)21(6)30-15-31-32(29(14)35(30)36)22(7)20(5)25(10)34(31)37-38-39(40(45)41(56-46)44(37)58(48)49)43(60(62(53)54)63(55)57-47)28(13)27(12)42(38)59(50)61(51)52/h15H,1-14H3. The van der Waals surface area contributed by atoms with Crippen LogP contribution in [-0.2, 0) is 0 Å². The van der Waals surface area contributed by atoms with E-state index in [9.17, 15) is 0 Å². The van der Waals surface area contributed by atoms with E-state index in [2.05, 4.69) is 89.2 Å². The van der Waals surface area contributed by atoms with Crippen molar-refractivity contribution in [2.45, 2.75) is 96.9 Å². The summed E-state index contributed by atoms with van der Waals surface area (Å²) in [5.41, 5.74) is 23.4. The number of fused-ring (bicyclic) bond motifs is 3. The first-order valence-corrected chi connectivity index (χ1v) is 21.9. The number of hydrogen-bond donors (Lipinski definition) is 0. The van der Waals surface area contributed by atoms with Crippen LogP contribution in [0.5, 0.6) is 0 Å². The highest BCUT2D eigenvalue weighted by Crippen LogP contribution is 2.48. The summed E-state index contributed by atoms with van der Waals surface area (Å²) in [7, 11) is 77.1. The average Bonchev–Trinajstić information content (AvgIpc) is 3.23. The van der Waals surface area contributed by atoms with E-state index < -0.39 is 38.6 Å². The van der Waals surface area contributed by atoms with E-state index in [0.29, 0.717) is 32.6 Å². The zero-order valence-electron chi connectivity index (χ0n) is 40.0. The van der Waals surface area contributed by atoms with E-state index in [4.69, 9.17) is 85.2 Å². The number of aryl methyl sites for hydroxylation is 3. The summed E-state index contributed by atoms with van der Waals surface area (Å²) in [4.78, 5) is 0. The Morgan fingerprint density at radius 2 is 0.873 bits per heavy atom. The molecule has 276 valence electrons. The first-order chi connectivity index (χ1) is 29.3. The lowest BCUT2D eigenvalue weighted by Gasteiger charge is -2.36. The van der Waals surface area contributed by atoms with Crippen LogP contribution in [0.3, 0.4) is 0 Å². The van der Waals surface area contributed by atoms with Gasteiger partial charge in [-0.3, -0.25) is 0 Å². The van der Waals surface area contributed by atoms with Crippen molar-refractivity contribution in [3.05, 3.63) is 84.0 Å². The van der Waals surface area contributed by atoms with Crippen molar-refractivity contribution in [3.8, 4) is 22.3 Å². The van der Waals surface area contributed by atoms with Gasteiger partial charge < -0.3 is 0 Å². The monoisotopic (exact) mass is 781 g/mol. The minimum absolute atomic E-state index is 0.326. The van der Waals surface area contributed by atoms with Crippen molar-refractivity contribution in [1.29, 1.82) is 0 Å². The zero-order valence-corrected chi connectivity index (χ0v) is 40.0. The molecule has 0 heterocycles. The lowest BCUT2D eigenvalue weighted by atomic mass is 8.68. The molecule has 6 rings (SSSR count). The van der Waals surface area contributed by atoms with E-state index in [-0.39, 0.29) is 0 Å². The fourth-order valence-electron chi connectivity index (χ4n) is 11.1. The normalized spacial score (nSPS) is 11.4. The first-order valence-electron chi connectivity index (χ1n) is 21.9. The van der Waals surface area contributed by atoms with Gasteiger partial charge >= 0.3 is 0 Å². The molecule has 0 saturated carbocycles. The first kappa shape index (κ1) is 49.8. The maximum absolute atomic E-state index is 7.35. The van der Waals surface area contributed by atoms with Crippen LogP contribution in [-0.4, -0.2) is 138 Å². The second-order valence-corrected chi connectivity index (χ2v) is 18.5. The molecule has 0 atom stereocenters. The number of benzene rings is 6. The summed E-state index contributed by atoms with van der Waals surface area (Å²) >= 11 is 0. The third kappa shape index (κ3) is 7.49. The van der Waals surface area contributed by atoms with Crippen molar-refractivity contribution in [3.63, 3.8) is 0 Å². The second-order valence-electron chi connectivity index (χ2n) is 18.5. The van der Waals surface area contributed by atoms with Crippen LogP contribution in [0.2, 0.25) is 0 Å². The molecule has 0 nitrogen and oxygen atoms in total. The average molecular weight is 777 g/mol. The molecule has 0 spiro atoms. The molecule has 6 aromatic rings. The molecule has 0 N–H and O–H groups in total. The molecule has 0 bridgehead atoms. The molecule has 19 heteroatoms. The Kier molecular flexibility index (Phi) is 14.4. The van der Waals surface area contributed by atoms with Crippen molar-refractivity contribution >= 4 is 198 Å². The molecule has 0 aliphatic carbocycles. The molecular weight excluding hydrogens is 734 g/mol. The molecule has 0 aliphatic rings. The topological polar surface area (TPSA) is 0 Å². The Balaban J connectivity index is 2.05. The third-order valence-corrected chi connectivity index (χ3v) is 15.5. The number of rotatable bonds is 10. The van der Waals surface area contributed by atoms with Gasteiger partial charge in [0.1, 0.15) is 7.85 Å². The van der Waals surface area contributed by atoms with E-state index >= 15 is 0 Å². The maximum Gasteiger partial charge on any atom is 0.113 e. The highest BCUT2D eigenvalue weighted by atomic mass is 14.3. The Bertz CT molecular complexity index is 2870. The molecule has 0 aromatic heterocycles. The molecule has 0 unspecified atom stereocenters. The highest BCUT2D eigenvalue weighted by Gasteiger charge is 2.36. The Morgan fingerprint density at radius 3 is 1.37 bits per heavy atom. The Hall–Kier alpha value is -2.67. The summed E-state index contributed by atoms with van der Waals surface area (Å²) in [6.07, 6.45) is -2.63. The SMILES string of the molecule is [B][B]B([B])B(B([B])[B])c1c(C)c(C)c(B([B])B([B])[B])c2c(-c3c(C)c(C)c(C)c4c(C)c5c(-c6c(C)c(C)c(C)c(C)c6C)c(C)c(C)c(C)c5cc34)c(B([B])[B])c([B][B])c([B])c12. The largest absolute Gasteiger partial charge is 0.113 e. The minimum Gasteiger partial charge on any atom is -0.111 e. The highest BCUT2D eigenvalue weighted by molar-refractivity contribution is 7.87. The van der Waals surface area contributed by atoms with Crippen LogP contribution in [0.25, 0.3) is 54.6 Å². The predicted molar refractivity (Wildman–Crippen MR) is 304 cm³/mol. The number of hydrogen-bond acceptors (Lipinski definition) is 0. The van der Waals surface area contributed by atoms with E-state index in [0.717, 1.165) is 55.0 Å². The van der Waals surface area contributed by atoms with Crippen LogP contribution >= 0.6 is 0 Å². The quantitative estimate of drug-likeness (QED) is 0.146. The van der Waals surface area contributed by atoms with E-state index in [1.807, 2.05) is 13.8 Å². The van der Waals surface area contributed by atoms with Crippen LogP contribution in [0, 0.1) is 96.9 Å². The van der Waals surface area contributed by atoms with Gasteiger partial charge in [0.25, 0.3) is 0 Å². The fourth-order valence-corrected chi connectivity index (χ4v) is 11.1. The third-order valence-electron chi connectivity index (χ3n) is 15.5. The van der Waals surface area contributed by atoms with Gasteiger partial charge in [-0.2, -0.15) is 0 Å². The predicted octanol–water partition coefficient (Wildman–Crippen LogP) is 1.44. The molecule has 24 radical (unpaired) electrons. The molecule has 0 fully saturated rings. The van der Waals surface area contributed by atoms with Crippen molar-refractivity contribution in [2.24, 2.45) is 0 Å². The molecule has 0 amide bonds. The molecule has 63 heavy (non-hydrogen) atoms. The van der Waals surface area contributed by atoms with Crippen LogP contribution in [0.1, 0.15) is 77.9 Å². The summed E-state index contributed by atoms with van der Waals surface area (Å²) in [6.45, 7) is 28.2. The van der Waals surface area contributed by atoms with Crippen LogP contribution in [0.4, 0.5) is 0 Å². The molecule has 6 aromatic carbocycles. The smallest absolute Gasteiger partial charge is 0.111 e. The Labute approximate surface area is 398 Å². The minimum atomic E-state index is -1.04. The molecular formula is C44H43B19. The van der Waals surface area contributed by atoms with Gasteiger partial charge in [0.2, 0.25) is 0 Å². The molecule has 0 saturated heterocycles. The summed E-state index contributed by atoms with van der Waals surface area (Å²) in [5, 5.41) is 5.86. The van der Waals surface area contributed by atoms with Gasteiger partial charge in [-0.25, -0.2) is 0 Å². The second kappa shape index (κ2) is 18.2. The van der Waals surface area contributed by atoms with Crippen molar-refractivity contribution in [2.75, 3.05) is 0 Å². The van der Waals surface area contributed by atoms with Gasteiger partial charge in [0.05, 0.1) is 26.7 Å². The lowest BCUT2D eigenvalue weighted by Crippen LogP contribution is -2.64. The fraction of sp³-hybridized carbons (Fsp3) is 0.318. The van der Waals surface area contributed by atoms with Gasteiger partial charge in [-0.05, 0) is 224 Å². The van der Waals surface area contributed by atoms with Gasteiger partial charge in [0, 0.05) is 104 Å². The van der Waals surface area contributed by atoms with Crippen LogP contribution < -0.4 is 27.3 Å².